The average Bonchev–Trinajstić information content (AvgIpc) is 2.73. The van der Waals surface area contributed by atoms with E-state index < -0.39 is 0 Å². The lowest BCUT2D eigenvalue weighted by atomic mass is 10.1. The van der Waals surface area contributed by atoms with E-state index in [4.69, 9.17) is 9.47 Å². The van der Waals surface area contributed by atoms with E-state index in [1.165, 1.54) is 0 Å². The van der Waals surface area contributed by atoms with Crippen molar-refractivity contribution in [2.75, 3.05) is 26.8 Å². The van der Waals surface area contributed by atoms with Crippen LogP contribution in [0, 0.1) is 0 Å². The van der Waals surface area contributed by atoms with Gasteiger partial charge in [-0.2, -0.15) is 0 Å². The molecule has 4 rings (SSSR count). The highest BCUT2D eigenvalue weighted by atomic mass is 16.5. The number of methoxy groups -OCH3 is 1. The quantitative estimate of drug-likeness (QED) is 0.727. The summed E-state index contributed by atoms with van der Waals surface area (Å²) in [6.45, 7) is 1.63. The molecule has 1 atom stereocenters. The molecule has 5 nitrogen and oxygen atoms in total. The van der Waals surface area contributed by atoms with E-state index in [0.717, 1.165) is 22.2 Å². The second-order valence-electron chi connectivity index (χ2n) is 6.28. The largest absolute Gasteiger partial charge is 0.497 e. The maximum Gasteiger partial charge on any atom is 0.272 e. The van der Waals surface area contributed by atoms with Crippen molar-refractivity contribution in [3.8, 4) is 5.75 Å². The van der Waals surface area contributed by atoms with Gasteiger partial charge in [-0.05, 0) is 29.8 Å². The van der Waals surface area contributed by atoms with E-state index >= 15 is 0 Å². The first-order chi connectivity index (χ1) is 12.7. The third-order valence-corrected chi connectivity index (χ3v) is 4.64. The Morgan fingerprint density at radius 2 is 2.00 bits per heavy atom. The predicted molar refractivity (Wildman–Crippen MR) is 99.3 cm³/mol. The number of hydrogen-bond acceptors (Lipinski definition) is 4. The molecule has 1 aliphatic heterocycles. The molecule has 0 radical (unpaired) electrons. The van der Waals surface area contributed by atoms with Crippen molar-refractivity contribution in [2.24, 2.45) is 0 Å². The number of carbonyl (C=O) groups is 1. The van der Waals surface area contributed by atoms with Crippen molar-refractivity contribution < 1.29 is 14.3 Å². The van der Waals surface area contributed by atoms with Crippen LogP contribution in [-0.2, 0) is 4.74 Å². The molecule has 5 heteroatoms. The van der Waals surface area contributed by atoms with Gasteiger partial charge in [0.1, 0.15) is 17.5 Å². The number of fused-ring (bicyclic) bond motifs is 1. The van der Waals surface area contributed by atoms with Gasteiger partial charge in [0, 0.05) is 11.9 Å². The molecule has 1 unspecified atom stereocenters. The molecule has 3 aromatic rings. The molecule has 2 heterocycles. The van der Waals surface area contributed by atoms with Crippen LogP contribution >= 0.6 is 0 Å². The Labute approximate surface area is 152 Å². The van der Waals surface area contributed by atoms with Gasteiger partial charge in [-0.15, -0.1) is 0 Å². The Morgan fingerprint density at radius 1 is 1.15 bits per heavy atom. The Bertz CT molecular complexity index is 927. The van der Waals surface area contributed by atoms with Gasteiger partial charge in [0.05, 0.1) is 25.8 Å². The van der Waals surface area contributed by atoms with Gasteiger partial charge in [-0.3, -0.25) is 4.79 Å². The maximum atomic E-state index is 12.9. The van der Waals surface area contributed by atoms with Crippen LogP contribution in [0.4, 0.5) is 0 Å². The molecule has 1 fully saturated rings. The molecule has 0 bridgehead atoms. The summed E-state index contributed by atoms with van der Waals surface area (Å²) in [5.74, 6) is 0.712. The van der Waals surface area contributed by atoms with E-state index in [1.54, 1.807) is 13.2 Å². The highest BCUT2D eigenvalue weighted by Crippen LogP contribution is 2.24. The fraction of sp³-hybridized carbons (Fsp3) is 0.238. The van der Waals surface area contributed by atoms with Gasteiger partial charge in [-0.1, -0.05) is 36.4 Å². The standard InChI is InChI=1S/C21H20N2O3/c1-25-17-8-10-18-16(13-17)7-9-19(22-18)21(24)23-11-12-26-20(14-23)15-5-3-2-4-6-15/h2-10,13,20H,11-12,14H2,1H3. The molecule has 0 aliphatic carbocycles. The normalized spacial score (nSPS) is 17.3. The number of rotatable bonds is 3. The van der Waals surface area contributed by atoms with Crippen LogP contribution in [0.3, 0.4) is 0 Å². The first kappa shape index (κ1) is 16.5. The third kappa shape index (κ3) is 3.26. The zero-order chi connectivity index (χ0) is 17.9. The molecule has 0 spiro atoms. The maximum absolute atomic E-state index is 12.9. The summed E-state index contributed by atoms with van der Waals surface area (Å²) >= 11 is 0. The SMILES string of the molecule is COc1ccc2nc(C(=O)N3CCOC(c4ccccc4)C3)ccc2c1. The van der Waals surface area contributed by atoms with Gasteiger partial charge < -0.3 is 14.4 Å². The fourth-order valence-corrected chi connectivity index (χ4v) is 3.21. The van der Waals surface area contributed by atoms with Crippen LogP contribution in [0.25, 0.3) is 10.9 Å². The first-order valence-corrected chi connectivity index (χ1v) is 8.65. The zero-order valence-electron chi connectivity index (χ0n) is 14.6. The predicted octanol–water partition coefficient (Wildman–Crippen LogP) is 3.46. The lowest BCUT2D eigenvalue weighted by molar-refractivity contribution is -0.0230. The summed E-state index contributed by atoms with van der Waals surface area (Å²) in [6.07, 6.45) is -0.0985. The van der Waals surface area contributed by atoms with Crippen LogP contribution in [-0.4, -0.2) is 42.6 Å². The number of benzene rings is 2. The van der Waals surface area contributed by atoms with E-state index in [0.29, 0.717) is 25.4 Å². The van der Waals surface area contributed by atoms with Crippen LogP contribution < -0.4 is 4.74 Å². The molecule has 1 saturated heterocycles. The summed E-state index contributed by atoms with van der Waals surface area (Å²) in [4.78, 5) is 19.3. The molecule has 132 valence electrons. The second kappa shape index (κ2) is 7.14. The Morgan fingerprint density at radius 3 is 2.81 bits per heavy atom. The number of hydrogen-bond donors (Lipinski definition) is 0. The fourth-order valence-electron chi connectivity index (χ4n) is 3.21. The molecule has 26 heavy (non-hydrogen) atoms. The van der Waals surface area contributed by atoms with Gasteiger partial charge >= 0.3 is 0 Å². The van der Waals surface area contributed by atoms with Crippen LogP contribution in [0.2, 0.25) is 0 Å². The minimum absolute atomic E-state index is 0.0630. The molecule has 0 saturated carbocycles. The lowest BCUT2D eigenvalue weighted by Crippen LogP contribution is -2.42. The van der Waals surface area contributed by atoms with Gasteiger partial charge in [0.15, 0.2) is 0 Å². The van der Waals surface area contributed by atoms with E-state index in [1.807, 2.05) is 59.5 Å². The van der Waals surface area contributed by atoms with Crippen LogP contribution in [0.15, 0.2) is 60.7 Å². The van der Waals surface area contributed by atoms with Crippen molar-refractivity contribution in [1.29, 1.82) is 0 Å². The Kier molecular flexibility index (Phi) is 4.54. The highest BCUT2D eigenvalue weighted by molar-refractivity contribution is 5.95. The molecule has 1 aliphatic rings. The number of carbonyl (C=O) groups excluding carboxylic acids is 1. The smallest absolute Gasteiger partial charge is 0.272 e. The molecule has 1 amide bonds. The number of nitrogens with zero attached hydrogens (tertiary/aromatic N) is 2. The minimum atomic E-state index is -0.0985. The van der Waals surface area contributed by atoms with Gasteiger partial charge in [-0.25, -0.2) is 4.98 Å². The Hall–Kier alpha value is -2.92. The number of pyridine rings is 1. The van der Waals surface area contributed by atoms with Crippen molar-refractivity contribution in [3.05, 3.63) is 71.9 Å². The van der Waals surface area contributed by atoms with E-state index in [2.05, 4.69) is 4.98 Å². The number of aromatic nitrogens is 1. The number of ether oxygens (including phenoxy) is 2. The molecule has 2 aromatic carbocycles. The summed E-state index contributed by atoms with van der Waals surface area (Å²) in [5, 5.41) is 0.949. The third-order valence-electron chi connectivity index (χ3n) is 4.64. The van der Waals surface area contributed by atoms with E-state index in [9.17, 15) is 4.79 Å². The molecule has 1 aromatic heterocycles. The van der Waals surface area contributed by atoms with Gasteiger partial charge in [0.25, 0.3) is 5.91 Å². The minimum Gasteiger partial charge on any atom is -0.497 e. The number of amides is 1. The summed E-state index contributed by atoms with van der Waals surface area (Å²) in [5.41, 5.74) is 2.32. The lowest BCUT2D eigenvalue weighted by Gasteiger charge is -2.33. The monoisotopic (exact) mass is 348 g/mol. The summed E-state index contributed by atoms with van der Waals surface area (Å²) in [7, 11) is 1.63. The summed E-state index contributed by atoms with van der Waals surface area (Å²) in [6, 6.07) is 19.3. The summed E-state index contributed by atoms with van der Waals surface area (Å²) < 4.78 is 11.1. The van der Waals surface area contributed by atoms with E-state index in [-0.39, 0.29) is 12.0 Å². The average molecular weight is 348 g/mol. The van der Waals surface area contributed by atoms with Crippen molar-refractivity contribution in [2.45, 2.75) is 6.10 Å². The Balaban J connectivity index is 1.56. The van der Waals surface area contributed by atoms with Crippen LogP contribution in [0.1, 0.15) is 22.2 Å². The van der Waals surface area contributed by atoms with Crippen molar-refractivity contribution in [3.63, 3.8) is 0 Å². The van der Waals surface area contributed by atoms with Crippen molar-refractivity contribution in [1.82, 2.24) is 9.88 Å². The molecular formula is C21H20N2O3. The zero-order valence-corrected chi connectivity index (χ0v) is 14.6. The molecule has 0 N–H and O–H groups in total. The van der Waals surface area contributed by atoms with Gasteiger partial charge in [0.2, 0.25) is 0 Å². The first-order valence-electron chi connectivity index (χ1n) is 8.65. The second-order valence-corrected chi connectivity index (χ2v) is 6.28. The number of morpholine rings is 1. The highest BCUT2D eigenvalue weighted by Gasteiger charge is 2.26. The van der Waals surface area contributed by atoms with Crippen molar-refractivity contribution >= 4 is 16.8 Å². The topological polar surface area (TPSA) is 51.7 Å². The van der Waals surface area contributed by atoms with Crippen LogP contribution in [0.5, 0.6) is 5.75 Å². The molecular weight excluding hydrogens is 328 g/mol.